The first-order chi connectivity index (χ1) is 9.74. The lowest BCUT2D eigenvalue weighted by Crippen LogP contribution is -3.00. The average molecular weight is 427 g/mol. The molecular formula is C17H18INS2. The molecule has 0 saturated heterocycles. The fourth-order valence-corrected chi connectivity index (χ4v) is 4.25. The minimum Gasteiger partial charge on any atom is -1.00 e. The molecule has 0 spiro atoms. The van der Waals surface area contributed by atoms with Crippen molar-refractivity contribution in [3.05, 3.63) is 46.3 Å². The average Bonchev–Trinajstić information content (AvgIpc) is 2.81. The first-order valence-corrected chi connectivity index (χ1v) is 8.83. The zero-order valence-corrected chi connectivity index (χ0v) is 16.2. The molecule has 0 atom stereocenters. The van der Waals surface area contributed by atoms with Gasteiger partial charge in [-0.3, -0.25) is 0 Å². The van der Waals surface area contributed by atoms with E-state index in [4.69, 9.17) is 0 Å². The van der Waals surface area contributed by atoms with E-state index in [1.807, 2.05) is 23.1 Å². The fourth-order valence-electron chi connectivity index (χ4n) is 2.52. The maximum atomic E-state index is 2.33. The third-order valence-corrected chi connectivity index (χ3v) is 5.72. The number of halogens is 1. The van der Waals surface area contributed by atoms with Gasteiger partial charge in [-0.25, -0.2) is 0 Å². The topological polar surface area (TPSA) is 3.88 Å². The maximum absolute atomic E-state index is 2.33. The zero-order valence-electron chi connectivity index (χ0n) is 12.4. The number of hydrogen-bond donors (Lipinski definition) is 0. The van der Waals surface area contributed by atoms with Crippen molar-refractivity contribution in [1.29, 1.82) is 0 Å². The van der Waals surface area contributed by atoms with Crippen LogP contribution in [0.15, 0.2) is 41.3 Å². The molecule has 0 unspecified atom stereocenters. The third-order valence-electron chi connectivity index (χ3n) is 3.64. The van der Waals surface area contributed by atoms with E-state index in [1.165, 1.54) is 30.9 Å². The summed E-state index contributed by atoms with van der Waals surface area (Å²) in [5, 5.41) is 3.97. The SMILES string of the molecule is CC/C(=C/c1sc2ccc3ccccc3c2[n+]1C)SC.[I-]. The van der Waals surface area contributed by atoms with Gasteiger partial charge in [-0.2, -0.15) is 4.57 Å². The Morgan fingerprint density at radius 2 is 2.00 bits per heavy atom. The van der Waals surface area contributed by atoms with Crippen LogP contribution in [0.3, 0.4) is 0 Å². The van der Waals surface area contributed by atoms with Gasteiger partial charge in [0.15, 0.2) is 0 Å². The quantitative estimate of drug-likeness (QED) is 0.457. The van der Waals surface area contributed by atoms with Crippen LogP contribution in [-0.4, -0.2) is 6.26 Å². The predicted molar refractivity (Wildman–Crippen MR) is 92.3 cm³/mol. The number of fused-ring (bicyclic) bond motifs is 3. The molecule has 4 heteroatoms. The van der Waals surface area contributed by atoms with Gasteiger partial charge in [0.25, 0.3) is 5.01 Å². The van der Waals surface area contributed by atoms with Crippen molar-refractivity contribution in [3.8, 4) is 0 Å². The molecule has 3 aromatic rings. The molecule has 1 aromatic heterocycles. The molecule has 0 N–H and O–H groups in total. The summed E-state index contributed by atoms with van der Waals surface area (Å²) in [6, 6.07) is 13.1. The van der Waals surface area contributed by atoms with Gasteiger partial charge >= 0.3 is 0 Å². The molecule has 3 rings (SSSR count). The number of aryl methyl sites for hydroxylation is 1. The fraction of sp³-hybridized carbons (Fsp3) is 0.235. The summed E-state index contributed by atoms with van der Waals surface area (Å²) in [6.07, 6.45) is 5.57. The summed E-state index contributed by atoms with van der Waals surface area (Å²) in [5.74, 6) is 0. The number of aromatic nitrogens is 1. The van der Waals surface area contributed by atoms with E-state index in [-0.39, 0.29) is 24.0 Å². The highest BCUT2D eigenvalue weighted by molar-refractivity contribution is 8.02. The summed E-state index contributed by atoms with van der Waals surface area (Å²) in [7, 11) is 2.17. The Labute approximate surface area is 151 Å². The Morgan fingerprint density at radius 1 is 1.24 bits per heavy atom. The lowest BCUT2D eigenvalue weighted by molar-refractivity contribution is -0.641. The Morgan fingerprint density at radius 3 is 2.71 bits per heavy atom. The van der Waals surface area contributed by atoms with Crippen LogP contribution in [0.1, 0.15) is 18.4 Å². The number of benzene rings is 2. The number of rotatable bonds is 3. The molecule has 0 bridgehead atoms. The number of thioether (sulfide) groups is 1. The summed E-state index contributed by atoms with van der Waals surface area (Å²) in [5.41, 5.74) is 1.34. The predicted octanol–water partition coefficient (Wildman–Crippen LogP) is 2.00. The lowest BCUT2D eigenvalue weighted by Gasteiger charge is -1.97. The zero-order chi connectivity index (χ0) is 14.1. The molecule has 0 amide bonds. The van der Waals surface area contributed by atoms with Crippen LogP contribution >= 0.6 is 23.1 Å². The van der Waals surface area contributed by atoms with Crippen molar-refractivity contribution in [3.63, 3.8) is 0 Å². The molecule has 0 aliphatic rings. The van der Waals surface area contributed by atoms with E-state index in [0.717, 1.165) is 6.42 Å². The summed E-state index contributed by atoms with van der Waals surface area (Å²) in [6.45, 7) is 2.21. The van der Waals surface area contributed by atoms with E-state index < -0.39 is 0 Å². The Balaban J connectivity index is 0.00000161. The van der Waals surface area contributed by atoms with Gasteiger partial charge in [-0.15, -0.1) is 11.8 Å². The number of nitrogens with zero attached hydrogens (tertiary/aromatic N) is 1. The largest absolute Gasteiger partial charge is 1.00 e. The lowest BCUT2D eigenvalue weighted by atomic mass is 10.1. The molecule has 1 heterocycles. The Hall–Kier alpha value is -0.590. The second-order valence-electron chi connectivity index (χ2n) is 4.80. The van der Waals surface area contributed by atoms with E-state index >= 15 is 0 Å². The maximum Gasteiger partial charge on any atom is 0.263 e. The smallest absolute Gasteiger partial charge is 0.263 e. The highest BCUT2D eigenvalue weighted by Crippen LogP contribution is 2.29. The van der Waals surface area contributed by atoms with Crippen LogP contribution in [0.4, 0.5) is 0 Å². The first-order valence-electron chi connectivity index (χ1n) is 6.79. The molecular weight excluding hydrogens is 409 g/mol. The van der Waals surface area contributed by atoms with Gasteiger partial charge < -0.3 is 24.0 Å². The molecule has 1 nitrogen and oxygen atoms in total. The van der Waals surface area contributed by atoms with Crippen molar-refractivity contribution in [2.75, 3.05) is 6.26 Å². The first kappa shape index (κ1) is 16.8. The third kappa shape index (κ3) is 3.12. The normalized spacial score (nSPS) is 11.9. The number of thiazole rings is 1. The molecule has 21 heavy (non-hydrogen) atoms. The molecule has 0 aliphatic heterocycles. The minimum absolute atomic E-state index is 0. The highest BCUT2D eigenvalue weighted by Gasteiger charge is 2.18. The van der Waals surface area contributed by atoms with Crippen molar-refractivity contribution in [2.24, 2.45) is 7.05 Å². The van der Waals surface area contributed by atoms with Crippen LogP contribution in [0.2, 0.25) is 0 Å². The molecule has 0 fully saturated rings. The second kappa shape index (κ2) is 7.11. The van der Waals surface area contributed by atoms with Gasteiger partial charge in [0.05, 0.1) is 5.39 Å². The monoisotopic (exact) mass is 427 g/mol. The molecule has 0 aliphatic carbocycles. The van der Waals surface area contributed by atoms with Crippen LogP contribution in [-0.2, 0) is 7.05 Å². The molecule has 110 valence electrons. The standard InChI is InChI=1S/C17H18NS2.HI/c1-4-13(19-3)11-16-18(2)17-14-8-6-5-7-12(14)9-10-15(17)20-16;/h5-11H,4H2,1-3H3;1H/q+1;/p-1/b13-11-;. The Bertz CT molecular complexity index is 799. The van der Waals surface area contributed by atoms with E-state index in [0.29, 0.717) is 0 Å². The minimum atomic E-state index is 0. The van der Waals surface area contributed by atoms with Crippen molar-refractivity contribution < 1.29 is 28.5 Å². The number of allylic oxidation sites excluding steroid dienone is 1. The van der Waals surface area contributed by atoms with Gasteiger partial charge in [-0.05, 0) is 35.1 Å². The van der Waals surface area contributed by atoms with Crippen LogP contribution < -0.4 is 28.5 Å². The van der Waals surface area contributed by atoms with E-state index in [2.05, 4.69) is 67.3 Å². The van der Waals surface area contributed by atoms with E-state index in [1.54, 1.807) is 0 Å². The molecule has 0 saturated carbocycles. The highest BCUT2D eigenvalue weighted by atomic mass is 127. The Kier molecular flexibility index (Phi) is 5.68. The van der Waals surface area contributed by atoms with Crippen LogP contribution in [0.5, 0.6) is 0 Å². The van der Waals surface area contributed by atoms with Crippen molar-refractivity contribution in [2.45, 2.75) is 13.3 Å². The summed E-state index contributed by atoms with van der Waals surface area (Å²) in [4.78, 5) is 1.43. The van der Waals surface area contributed by atoms with E-state index in [9.17, 15) is 0 Å². The van der Waals surface area contributed by atoms with Gasteiger partial charge in [0.1, 0.15) is 11.7 Å². The van der Waals surface area contributed by atoms with Gasteiger partial charge in [0.2, 0.25) is 5.52 Å². The summed E-state index contributed by atoms with van der Waals surface area (Å²) >= 11 is 3.71. The molecule has 0 radical (unpaired) electrons. The summed E-state index contributed by atoms with van der Waals surface area (Å²) < 4.78 is 3.68. The van der Waals surface area contributed by atoms with Crippen molar-refractivity contribution >= 4 is 50.2 Å². The molecule has 2 aromatic carbocycles. The van der Waals surface area contributed by atoms with Gasteiger partial charge in [0, 0.05) is 6.08 Å². The second-order valence-corrected chi connectivity index (χ2v) is 6.80. The van der Waals surface area contributed by atoms with Crippen molar-refractivity contribution in [1.82, 2.24) is 0 Å². The van der Waals surface area contributed by atoms with Crippen LogP contribution in [0, 0.1) is 0 Å². The van der Waals surface area contributed by atoms with Gasteiger partial charge in [-0.1, -0.05) is 42.5 Å². The number of hydrogen-bond acceptors (Lipinski definition) is 2. The van der Waals surface area contributed by atoms with Crippen LogP contribution in [0.25, 0.3) is 27.1 Å².